The van der Waals surface area contributed by atoms with Crippen LogP contribution in [0.2, 0.25) is 0 Å². The number of esters is 1. The van der Waals surface area contributed by atoms with Crippen LogP contribution in [0.4, 0.5) is 8.78 Å². The Labute approximate surface area is 189 Å². The van der Waals surface area contributed by atoms with Crippen molar-refractivity contribution in [3.8, 4) is 11.4 Å². The molecule has 0 atom stereocenters. The molecule has 2 aromatic carbocycles. The molecule has 1 aromatic heterocycles. The predicted molar refractivity (Wildman–Crippen MR) is 114 cm³/mol. The van der Waals surface area contributed by atoms with Crippen molar-refractivity contribution in [1.82, 2.24) is 15.0 Å². The maximum atomic E-state index is 13.9. The SMILES string of the molecule is CCc1ccc(-c2noc(COC(=O)C3CCN(C(=O)c4ccc(F)cc4F)CC3)n2)cc1. The van der Waals surface area contributed by atoms with Gasteiger partial charge in [-0.05, 0) is 37.0 Å². The highest BCUT2D eigenvalue weighted by Gasteiger charge is 2.30. The highest BCUT2D eigenvalue weighted by atomic mass is 19.1. The summed E-state index contributed by atoms with van der Waals surface area (Å²) in [6.45, 7) is 2.48. The smallest absolute Gasteiger partial charge is 0.309 e. The second-order valence-electron chi connectivity index (χ2n) is 7.86. The number of hydrogen-bond acceptors (Lipinski definition) is 6. The summed E-state index contributed by atoms with van der Waals surface area (Å²) in [4.78, 5) is 30.7. The molecule has 0 bridgehead atoms. The van der Waals surface area contributed by atoms with Crippen molar-refractivity contribution in [2.45, 2.75) is 32.8 Å². The molecule has 1 amide bonds. The predicted octanol–water partition coefficient (Wildman–Crippen LogP) is 4.17. The van der Waals surface area contributed by atoms with Gasteiger partial charge >= 0.3 is 5.97 Å². The summed E-state index contributed by atoms with van der Waals surface area (Å²) < 4.78 is 37.5. The zero-order valence-electron chi connectivity index (χ0n) is 18.1. The molecule has 1 fully saturated rings. The Balaban J connectivity index is 1.27. The Hall–Kier alpha value is -3.62. The lowest BCUT2D eigenvalue weighted by molar-refractivity contribution is -0.152. The number of carbonyl (C=O) groups excluding carboxylic acids is 2. The molecule has 3 aromatic rings. The minimum Gasteiger partial charge on any atom is -0.455 e. The first-order chi connectivity index (χ1) is 15.9. The van der Waals surface area contributed by atoms with E-state index in [1.165, 1.54) is 10.5 Å². The van der Waals surface area contributed by atoms with Crippen LogP contribution in [0.1, 0.15) is 41.6 Å². The van der Waals surface area contributed by atoms with E-state index in [1.807, 2.05) is 24.3 Å². The molecule has 4 rings (SSSR count). The number of carbonyl (C=O) groups is 2. The fourth-order valence-corrected chi connectivity index (χ4v) is 3.72. The first-order valence-electron chi connectivity index (χ1n) is 10.8. The van der Waals surface area contributed by atoms with Crippen molar-refractivity contribution in [1.29, 1.82) is 0 Å². The maximum Gasteiger partial charge on any atom is 0.309 e. The van der Waals surface area contributed by atoms with Crippen LogP contribution >= 0.6 is 0 Å². The van der Waals surface area contributed by atoms with Crippen LogP contribution in [0.5, 0.6) is 0 Å². The summed E-state index contributed by atoms with van der Waals surface area (Å²) in [7, 11) is 0. The molecule has 0 unspecified atom stereocenters. The van der Waals surface area contributed by atoms with Gasteiger partial charge in [-0.2, -0.15) is 4.98 Å². The molecule has 0 spiro atoms. The van der Waals surface area contributed by atoms with Crippen LogP contribution in [0.25, 0.3) is 11.4 Å². The summed E-state index contributed by atoms with van der Waals surface area (Å²) in [6, 6.07) is 10.7. The topological polar surface area (TPSA) is 85.5 Å². The summed E-state index contributed by atoms with van der Waals surface area (Å²) in [5, 5.41) is 3.93. The van der Waals surface area contributed by atoms with E-state index in [0.29, 0.717) is 24.7 Å². The van der Waals surface area contributed by atoms with Gasteiger partial charge in [0, 0.05) is 24.7 Å². The summed E-state index contributed by atoms with van der Waals surface area (Å²) in [5.74, 6) is -2.36. The number of ether oxygens (including phenoxy) is 1. The highest BCUT2D eigenvalue weighted by molar-refractivity contribution is 5.94. The standard InChI is InChI=1S/C24H23F2N3O4/c1-2-15-3-5-16(6-4-15)22-27-21(33-28-22)14-32-24(31)17-9-11-29(12-10-17)23(30)19-8-7-18(25)13-20(19)26/h3-8,13,17H,2,9-12,14H2,1H3. The molecule has 1 aliphatic rings. The molecule has 33 heavy (non-hydrogen) atoms. The lowest BCUT2D eigenvalue weighted by atomic mass is 9.96. The quantitative estimate of drug-likeness (QED) is 0.519. The van der Waals surface area contributed by atoms with Gasteiger partial charge in [-0.1, -0.05) is 36.3 Å². The van der Waals surface area contributed by atoms with Crippen molar-refractivity contribution in [2.24, 2.45) is 5.92 Å². The number of rotatable bonds is 6. The molecule has 1 saturated heterocycles. The molecule has 0 aliphatic carbocycles. The Morgan fingerprint density at radius 2 is 1.85 bits per heavy atom. The summed E-state index contributed by atoms with van der Waals surface area (Å²) in [6.07, 6.45) is 1.70. The monoisotopic (exact) mass is 455 g/mol. The highest BCUT2D eigenvalue weighted by Crippen LogP contribution is 2.22. The van der Waals surface area contributed by atoms with Gasteiger partial charge in [0.25, 0.3) is 11.8 Å². The Bertz CT molecular complexity index is 1140. The molecule has 0 saturated carbocycles. The van der Waals surface area contributed by atoms with Crippen LogP contribution in [0.3, 0.4) is 0 Å². The van der Waals surface area contributed by atoms with E-state index in [1.54, 1.807) is 0 Å². The van der Waals surface area contributed by atoms with Gasteiger partial charge in [0.05, 0.1) is 11.5 Å². The van der Waals surface area contributed by atoms with Gasteiger partial charge in [-0.25, -0.2) is 8.78 Å². The first-order valence-corrected chi connectivity index (χ1v) is 10.8. The van der Waals surface area contributed by atoms with E-state index in [4.69, 9.17) is 9.26 Å². The van der Waals surface area contributed by atoms with Crippen molar-refractivity contribution in [2.75, 3.05) is 13.1 Å². The number of piperidine rings is 1. The second-order valence-corrected chi connectivity index (χ2v) is 7.86. The number of aryl methyl sites for hydroxylation is 1. The minimum atomic E-state index is -0.901. The molecule has 0 N–H and O–H groups in total. The molecule has 9 heteroatoms. The van der Waals surface area contributed by atoms with E-state index in [-0.39, 0.29) is 31.2 Å². The number of hydrogen-bond donors (Lipinski definition) is 0. The van der Waals surface area contributed by atoms with E-state index < -0.39 is 29.4 Å². The van der Waals surface area contributed by atoms with Gasteiger partial charge in [-0.15, -0.1) is 0 Å². The van der Waals surface area contributed by atoms with E-state index >= 15 is 0 Å². The van der Waals surface area contributed by atoms with Crippen LogP contribution in [-0.4, -0.2) is 40.0 Å². The van der Waals surface area contributed by atoms with Gasteiger partial charge in [0.15, 0.2) is 6.61 Å². The third kappa shape index (κ3) is 5.24. The zero-order valence-corrected chi connectivity index (χ0v) is 18.1. The minimum absolute atomic E-state index is 0.140. The number of halogens is 2. The van der Waals surface area contributed by atoms with Crippen LogP contribution in [0.15, 0.2) is 47.0 Å². The summed E-state index contributed by atoms with van der Waals surface area (Å²) in [5.41, 5.74) is 1.82. The number of amides is 1. The molecular weight excluding hydrogens is 432 g/mol. The van der Waals surface area contributed by atoms with Crippen molar-refractivity contribution < 1.29 is 27.6 Å². The Morgan fingerprint density at radius 1 is 1.12 bits per heavy atom. The lowest BCUT2D eigenvalue weighted by Gasteiger charge is -2.31. The van der Waals surface area contributed by atoms with Crippen molar-refractivity contribution in [3.05, 3.63) is 71.1 Å². The zero-order chi connectivity index (χ0) is 23.4. The van der Waals surface area contributed by atoms with Gasteiger partial charge in [0.2, 0.25) is 5.82 Å². The fraction of sp³-hybridized carbons (Fsp3) is 0.333. The second kappa shape index (κ2) is 9.89. The van der Waals surface area contributed by atoms with Crippen molar-refractivity contribution in [3.63, 3.8) is 0 Å². The van der Waals surface area contributed by atoms with Gasteiger partial charge < -0.3 is 14.2 Å². The number of aromatic nitrogens is 2. The number of likely N-dealkylation sites (tertiary alicyclic amines) is 1. The summed E-state index contributed by atoms with van der Waals surface area (Å²) >= 11 is 0. The average molecular weight is 455 g/mol. The van der Waals surface area contributed by atoms with Crippen molar-refractivity contribution >= 4 is 11.9 Å². The Morgan fingerprint density at radius 3 is 2.52 bits per heavy atom. The van der Waals surface area contributed by atoms with Gasteiger partial charge in [0.1, 0.15) is 11.6 Å². The first kappa shape index (κ1) is 22.6. The van der Waals surface area contributed by atoms with Crippen LogP contribution in [-0.2, 0) is 22.6 Å². The molecule has 7 nitrogen and oxygen atoms in total. The molecular formula is C24H23F2N3O4. The molecule has 0 radical (unpaired) electrons. The number of nitrogens with zero attached hydrogens (tertiary/aromatic N) is 3. The average Bonchev–Trinajstić information content (AvgIpc) is 3.31. The maximum absolute atomic E-state index is 13.9. The Kier molecular flexibility index (Phi) is 6.76. The van der Waals surface area contributed by atoms with Crippen LogP contribution < -0.4 is 0 Å². The van der Waals surface area contributed by atoms with Gasteiger partial charge in [-0.3, -0.25) is 9.59 Å². The normalized spacial score (nSPS) is 14.3. The number of benzene rings is 2. The van der Waals surface area contributed by atoms with E-state index in [2.05, 4.69) is 17.1 Å². The fourth-order valence-electron chi connectivity index (χ4n) is 3.72. The molecule has 172 valence electrons. The molecule has 2 heterocycles. The third-order valence-electron chi connectivity index (χ3n) is 5.70. The molecule has 1 aliphatic heterocycles. The van der Waals surface area contributed by atoms with E-state index in [9.17, 15) is 18.4 Å². The van der Waals surface area contributed by atoms with Crippen LogP contribution in [0, 0.1) is 17.6 Å². The third-order valence-corrected chi connectivity index (χ3v) is 5.70. The van der Waals surface area contributed by atoms with E-state index in [0.717, 1.165) is 24.1 Å². The lowest BCUT2D eigenvalue weighted by Crippen LogP contribution is -2.41. The largest absolute Gasteiger partial charge is 0.455 e.